The number of anilines is 1. The molecule has 1 amide bonds. The van der Waals surface area contributed by atoms with E-state index < -0.39 is 5.60 Å². The monoisotopic (exact) mass is 347 g/mol. The van der Waals surface area contributed by atoms with Crippen LogP contribution in [0.2, 0.25) is 0 Å². The minimum absolute atomic E-state index is 0.00591. The number of carbonyl (C=O) groups is 1. The number of amides is 1. The van der Waals surface area contributed by atoms with Crippen LogP contribution in [0.1, 0.15) is 39.2 Å². The fourth-order valence-corrected chi connectivity index (χ4v) is 2.63. The van der Waals surface area contributed by atoms with Crippen molar-refractivity contribution in [2.24, 2.45) is 0 Å². The van der Waals surface area contributed by atoms with Crippen LogP contribution >= 0.6 is 0 Å². The van der Waals surface area contributed by atoms with Gasteiger partial charge in [0.2, 0.25) is 0 Å². The van der Waals surface area contributed by atoms with E-state index in [1.807, 2.05) is 26.8 Å². The second kappa shape index (κ2) is 7.38. The molecule has 0 atom stereocenters. The molecule has 8 nitrogen and oxygen atoms in total. The third kappa shape index (κ3) is 5.08. The van der Waals surface area contributed by atoms with Gasteiger partial charge in [0.25, 0.3) is 4.92 Å². The van der Waals surface area contributed by atoms with E-state index in [0.717, 1.165) is 0 Å². The average Bonchev–Trinajstić information content (AvgIpc) is 2.54. The Hall–Kier alpha value is -2.82. The number of piperidine rings is 1. The van der Waals surface area contributed by atoms with E-state index in [-0.39, 0.29) is 28.3 Å². The summed E-state index contributed by atoms with van der Waals surface area (Å²) in [7, 11) is 0. The van der Waals surface area contributed by atoms with E-state index in [1.165, 1.54) is 6.07 Å². The predicted molar refractivity (Wildman–Crippen MR) is 90.7 cm³/mol. The smallest absolute Gasteiger partial charge is 0.410 e. The molecule has 1 fully saturated rings. The van der Waals surface area contributed by atoms with Gasteiger partial charge in [0, 0.05) is 25.2 Å². The highest BCUT2D eigenvalue weighted by Crippen LogP contribution is 2.27. The van der Waals surface area contributed by atoms with E-state index in [4.69, 9.17) is 10.00 Å². The van der Waals surface area contributed by atoms with E-state index in [1.54, 1.807) is 17.0 Å². The molecule has 1 aromatic carbocycles. The van der Waals surface area contributed by atoms with Gasteiger partial charge in [0.1, 0.15) is 11.3 Å². The van der Waals surface area contributed by atoms with Crippen molar-refractivity contribution in [3.8, 4) is 6.07 Å². The third-order valence-corrected chi connectivity index (χ3v) is 3.84. The van der Waals surface area contributed by atoms with Crippen molar-refractivity contribution in [2.45, 2.75) is 45.3 Å². The van der Waals surface area contributed by atoms with Crippen LogP contribution in [0.25, 0.3) is 0 Å². The second-order valence-electron chi connectivity index (χ2n) is 7.00. The molecule has 0 aliphatic carbocycles. The molecule has 0 aromatic heterocycles. The summed E-state index contributed by atoms with van der Waals surface area (Å²) in [6, 6.07) is 6.47. The van der Waals surface area contributed by atoms with Crippen LogP contribution in [0.4, 0.5) is 16.2 Å². The van der Waals surface area contributed by atoms with Crippen LogP contribution in [0.15, 0.2) is 18.2 Å². The zero-order valence-corrected chi connectivity index (χ0v) is 14.7. The Balaban J connectivity index is 1.98. The van der Waals surface area contributed by atoms with Gasteiger partial charge in [0.15, 0.2) is 0 Å². The lowest BCUT2D eigenvalue weighted by Gasteiger charge is -2.34. The molecule has 0 bridgehead atoms. The molecule has 0 radical (unpaired) electrons. The number of rotatable bonds is 3. The second-order valence-corrected chi connectivity index (χ2v) is 7.00. The molecule has 0 spiro atoms. The summed E-state index contributed by atoms with van der Waals surface area (Å²) in [6.07, 6.45) is 1.04. The van der Waals surface area contributed by atoms with Crippen molar-refractivity contribution in [1.82, 2.24) is 4.90 Å². The summed E-state index contributed by atoms with van der Waals surface area (Å²) in [4.78, 5) is 24.8. The lowest BCUT2D eigenvalue weighted by atomic mass is 10.0. The van der Waals surface area contributed by atoms with Gasteiger partial charge in [-0.3, -0.25) is 0 Å². The number of nitrogens with zero attached hydrogens (tertiary/aromatic N) is 3. The number of nitrogens with one attached hydrogen (secondary N) is 1. The van der Waals surface area contributed by atoms with Gasteiger partial charge in [-0.15, -0.1) is 0 Å². The Morgan fingerprint density at radius 2 is 2.04 bits per heavy atom. The number of ether oxygens (including phenoxy) is 1. The Bertz CT molecular complexity index is 698. The van der Waals surface area contributed by atoms with Crippen molar-refractivity contribution in [3.05, 3.63) is 28.7 Å². The Morgan fingerprint density at radius 3 is 2.56 bits per heavy atom. The molecule has 1 aromatic rings. The Morgan fingerprint density at radius 1 is 1.40 bits per heavy atom. The van der Waals surface area contributed by atoms with Gasteiger partial charge in [0.05, 0.1) is 16.5 Å². The van der Waals surface area contributed by atoms with Gasteiger partial charge in [-0.2, -0.15) is 5.26 Å². The highest BCUT2D eigenvalue weighted by atomic mass is 16.6. The first-order chi connectivity index (χ1) is 11.7. The van der Waals surface area contributed by atoms with Gasteiger partial charge in [-0.05, 0) is 45.7 Å². The number of hydrogen-bond donors (Lipinski definition) is 2. The molecule has 2 rings (SSSR count). The minimum atomic E-state index is -0.526. The lowest BCUT2D eigenvalue weighted by Crippen LogP contribution is -2.44. The first-order valence-corrected chi connectivity index (χ1v) is 8.14. The molecule has 8 heteroatoms. The highest BCUT2D eigenvalue weighted by molar-refractivity contribution is 5.68. The molecule has 1 aliphatic rings. The maximum absolute atomic E-state index is 12.1. The van der Waals surface area contributed by atoms with Gasteiger partial charge in [-0.25, -0.2) is 10.0 Å². The fourth-order valence-electron chi connectivity index (χ4n) is 2.63. The first kappa shape index (κ1) is 18.5. The van der Waals surface area contributed by atoms with Crippen LogP contribution in [-0.2, 0) is 4.74 Å². The van der Waals surface area contributed by atoms with Gasteiger partial charge in [-0.1, -0.05) is 0 Å². The number of likely N-dealkylation sites (tertiary alicyclic amines) is 1. The molecule has 1 saturated heterocycles. The van der Waals surface area contributed by atoms with E-state index >= 15 is 0 Å². The maximum Gasteiger partial charge on any atom is 0.410 e. The highest BCUT2D eigenvalue weighted by Gasteiger charge is 2.28. The summed E-state index contributed by atoms with van der Waals surface area (Å²) in [5.41, 5.74) is 0.207. The summed E-state index contributed by atoms with van der Waals surface area (Å²) in [6.45, 7) is 6.57. The Labute approximate surface area is 146 Å². The zero-order valence-electron chi connectivity index (χ0n) is 14.7. The standard InChI is InChI=1S/C17H23N4O4/c1-17(2,3)25-16(22)20-8-6-13(7-9-20)19-14-5-4-12(11-18)10-15(14)21(23)24/h4-5,10,13,19H,6-9H2,1-3H3,(H,23,24)/q+1. The number of carbonyl (C=O) groups excluding carboxylic acids is 1. The van der Waals surface area contributed by atoms with Gasteiger partial charge < -0.3 is 15.0 Å². The normalized spacial score (nSPS) is 15.4. The van der Waals surface area contributed by atoms with E-state index in [9.17, 15) is 14.9 Å². The van der Waals surface area contributed by atoms with Gasteiger partial charge >= 0.3 is 11.8 Å². The van der Waals surface area contributed by atoms with Crippen molar-refractivity contribution < 1.29 is 19.7 Å². The summed E-state index contributed by atoms with van der Waals surface area (Å²) in [5, 5.41) is 21.3. The van der Waals surface area contributed by atoms with Crippen molar-refractivity contribution in [3.63, 3.8) is 0 Å². The molecule has 134 valence electrons. The van der Waals surface area contributed by atoms with Crippen LogP contribution in [-0.4, -0.2) is 45.9 Å². The molecular formula is C17H23N4O4+. The molecule has 0 unspecified atom stereocenters. The number of hydrogen-bond acceptors (Lipinski definition) is 5. The van der Waals surface area contributed by atoms with Crippen LogP contribution in [0.3, 0.4) is 0 Å². The summed E-state index contributed by atoms with van der Waals surface area (Å²) < 4.78 is 5.36. The summed E-state index contributed by atoms with van der Waals surface area (Å²) in [5.74, 6) is 0. The topological polar surface area (TPSA) is 106 Å². The minimum Gasteiger partial charge on any atom is -0.444 e. The fraction of sp³-hybridized carbons (Fsp3) is 0.529. The average molecular weight is 347 g/mol. The zero-order chi connectivity index (χ0) is 18.6. The maximum atomic E-state index is 12.1. The number of benzene rings is 1. The molecule has 2 N–H and O–H groups in total. The van der Waals surface area contributed by atoms with Crippen LogP contribution in [0.5, 0.6) is 0 Å². The van der Waals surface area contributed by atoms with Crippen molar-refractivity contribution in [1.29, 1.82) is 5.26 Å². The Kier molecular flexibility index (Phi) is 5.47. The third-order valence-electron chi connectivity index (χ3n) is 3.84. The van der Waals surface area contributed by atoms with E-state index in [2.05, 4.69) is 5.32 Å². The predicted octanol–water partition coefficient (Wildman–Crippen LogP) is 3.17. The molecule has 0 saturated carbocycles. The quantitative estimate of drug-likeness (QED) is 0.814. The summed E-state index contributed by atoms with van der Waals surface area (Å²) >= 11 is 0. The molecular weight excluding hydrogens is 324 g/mol. The SMILES string of the molecule is CC(C)(C)OC(=O)N1CCC(Nc2ccc(C#N)cc2[N+](=O)O)CC1. The molecule has 25 heavy (non-hydrogen) atoms. The van der Waals surface area contributed by atoms with Crippen molar-refractivity contribution >= 4 is 17.5 Å². The molecule has 1 aliphatic heterocycles. The largest absolute Gasteiger partial charge is 0.444 e. The van der Waals surface area contributed by atoms with Crippen LogP contribution in [0, 0.1) is 16.2 Å². The first-order valence-electron chi connectivity index (χ1n) is 8.14. The lowest BCUT2D eigenvalue weighted by molar-refractivity contribution is -0.729. The molecule has 1 heterocycles. The van der Waals surface area contributed by atoms with Crippen molar-refractivity contribution in [2.75, 3.05) is 18.4 Å². The number of nitriles is 1. The van der Waals surface area contributed by atoms with Crippen LogP contribution < -0.4 is 5.32 Å². The van der Waals surface area contributed by atoms with E-state index in [0.29, 0.717) is 31.6 Å².